The fraction of sp³-hybridized carbons (Fsp3) is 0.786. The molecule has 0 saturated carbocycles. The van der Waals surface area contributed by atoms with E-state index in [1.165, 1.54) is 0 Å². The summed E-state index contributed by atoms with van der Waals surface area (Å²) in [5.74, 6) is -0.178. The molecule has 0 aromatic heterocycles. The van der Waals surface area contributed by atoms with Crippen LogP contribution in [0.1, 0.15) is 34.1 Å². The lowest BCUT2D eigenvalue weighted by Gasteiger charge is -2.37. The van der Waals surface area contributed by atoms with Crippen molar-refractivity contribution < 1.29 is 14.4 Å². The number of rotatable bonds is 3. The Kier molecular flexibility index (Phi) is 4.39. The molecule has 2 fully saturated rings. The van der Waals surface area contributed by atoms with Crippen molar-refractivity contribution >= 4 is 17.8 Å². The maximum atomic E-state index is 12.4. The molecule has 3 atom stereocenters. The first-order chi connectivity index (χ1) is 9.81. The van der Waals surface area contributed by atoms with E-state index in [4.69, 9.17) is 0 Å². The van der Waals surface area contributed by atoms with Crippen LogP contribution in [-0.4, -0.2) is 53.5 Å². The molecule has 118 valence electrons. The SMILES string of the molecule is CC(C)NC(=O)NC1CCN2C(=O)C(C(C)C)NC(=O)C12. The van der Waals surface area contributed by atoms with Gasteiger partial charge in [-0.2, -0.15) is 0 Å². The molecular weight excluding hydrogens is 272 g/mol. The second kappa shape index (κ2) is 5.91. The van der Waals surface area contributed by atoms with Gasteiger partial charge < -0.3 is 20.9 Å². The van der Waals surface area contributed by atoms with Crippen LogP contribution >= 0.6 is 0 Å². The molecular formula is C14H24N4O3. The normalized spacial score (nSPS) is 28.7. The molecule has 0 radical (unpaired) electrons. The second-order valence-electron chi connectivity index (χ2n) is 6.37. The molecule has 2 aliphatic heterocycles. The zero-order valence-electron chi connectivity index (χ0n) is 13.0. The van der Waals surface area contributed by atoms with Crippen molar-refractivity contribution in [3.05, 3.63) is 0 Å². The molecule has 0 aliphatic carbocycles. The van der Waals surface area contributed by atoms with Gasteiger partial charge in [-0.05, 0) is 26.2 Å². The van der Waals surface area contributed by atoms with Gasteiger partial charge in [-0.15, -0.1) is 0 Å². The van der Waals surface area contributed by atoms with Gasteiger partial charge in [-0.25, -0.2) is 4.79 Å². The van der Waals surface area contributed by atoms with Crippen molar-refractivity contribution in [3.63, 3.8) is 0 Å². The van der Waals surface area contributed by atoms with Gasteiger partial charge >= 0.3 is 6.03 Å². The average Bonchev–Trinajstić information content (AvgIpc) is 2.76. The van der Waals surface area contributed by atoms with E-state index in [1.54, 1.807) is 4.90 Å². The average molecular weight is 296 g/mol. The zero-order valence-corrected chi connectivity index (χ0v) is 13.0. The summed E-state index contributed by atoms with van der Waals surface area (Å²) in [5.41, 5.74) is 0. The van der Waals surface area contributed by atoms with E-state index in [2.05, 4.69) is 16.0 Å². The van der Waals surface area contributed by atoms with Crippen LogP contribution in [0.4, 0.5) is 4.79 Å². The lowest BCUT2D eigenvalue weighted by molar-refractivity contribution is -0.148. The fourth-order valence-corrected chi connectivity index (χ4v) is 2.92. The largest absolute Gasteiger partial charge is 0.342 e. The molecule has 2 aliphatic rings. The van der Waals surface area contributed by atoms with Gasteiger partial charge in [0.05, 0.1) is 6.04 Å². The van der Waals surface area contributed by atoms with E-state index >= 15 is 0 Å². The van der Waals surface area contributed by atoms with Crippen molar-refractivity contribution in [1.29, 1.82) is 0 Å². The third-order valence-electron chi connectivity index (χ3n) is 3.92. The Labute approximate surface area is 124 Å². The Balaban J connectivity index is 2.06. The Hall–Kier alpha value is -1.79. The van der Waals surface area contributed by atoms with Crippen molar-refractivity contribution in [2.75, 3.05) is 6.54 Å². The van der Waals surface area contributed by atoms with Gasteiger partial charge in [0.25, 0.3) is 0 Å². The molecule has 0 bridgehead atoms. The summed E-state index contributed by atoms with van der Waals surface area (Å²) in [4.78, 5) is 38.0. The lowest BCUT2D eigenvalue weighted by Crippen LogP contribution is -2.66. The van der Waals surface area contributed by atoms with E-state index < -0.39 is 12.1 Å². The van der Waals surface area contributed by atoms with Crippen LogP contribution in [0.3, 0.4) is 0 Å². The van der Waals surface area contributed by atoms with Crippen LogP contribution in [0.25, 0.3) is 0 Å². The molecule has 21 heavy (non-hydrogen) atoms. The predicted molar refractivity (Wildman–Crippen MR) is 77.5 cm³/mol. The van der Waals surface area contributed by atoms with Crippen molar-refractivity contribution in [2.45, 2.75) is 58.3 Å². The molecule has 0 spiro atoms. The molecule has 3 unspecified atom stereocenters. The summed E-state index contributed by atoms with van der Waals surface area (Å²) in [7, 11) is 0. The summed E-state index contributed by atoms with van der Waals surface area (Å²) >= 11 is 0. The number of nitrogens with zero attached hydrogens (tertiary/aromatic N) is 1. The molecule has 2 rings (SSSR count). The number of piperazine rings is 1. The monoisotopic (exact) mass is 296 g/mol. The molecule has 2 heterocycles. The van der Waals surface area contributed by atoms with Crippen LogP contribution in [0.2, 0.25) is 0 Å². The number of amides is 4. The minimum Gasteiger partial charge on any atom is -0.342 e. The molecule has 3 N–H and O–H groups in total. The van der Waals surface area contributed by atoms with Gasteiger partial charge in [0.2, 0.25) is 11.8 Å². The highest BCUT2D eigenvalue weighted by atomic mass is 16.2. The minimum absolute atomic E-state index is 0.0228. The van der Waals surface area contributed by atoms with Crippen molar-refractivity contribution in [1.82, 2.24) is 20.9 Å². The topological polar surface area (TPSA) is 90.5 Å². The van der Waals surface area contributed by atoms with Gasteiger partial charge in [0, 0.05) is 12.6 Å². The Morgan fingerprint density at radius 3 is 2.52 bits per heavy atom. The highest BCUT2D eigenvalue weighted by Crippen LogP contribution is 2.24. The van der Waals surface area contributed by atoms with E-state index in [0.29, 0.717) is 13.0 Å². The first-order valence-corrected chi connectivity index (χ1v) is 7.49. The van der Waals surface area contributed by atoms with E-state index in [1.807, 2.05) is 27.7 Å². The van der Waals surface area contributed by atoms with E-state index in [-0.39, 0.29) is 35.8 Å². The van der Waals surface area contributed by atoms with Crippen LogP contribution in [0.5, 0.6) is 0 Å². The fourth-order valence-electron chi connectivity index (χ4n) is 2.92. The summed E-state index contributed by atoms with van der Waals surface area (Å²) in [6.07, 6.45) is 0.597. The van der Waals surface area contributed by atoms with Crippen LogP contribution in [0.15, 0.2) is 0 Å². The minimum atomic E-state index is -0.592. The van der Waals surface area contributed by atoms with Crippen molar-refractivity contribution in [2.24, 2.45) is 5.92 Å². The summed E-state index contributed by atoms with van der Waals surface area (Å²) in [6, 6.07) is -1.67. The summed E-state index contributed by atoms with van der Waals surface area (Å²) in [6.45, 7) is 8.05. The number of carbonyl (C=O) groups is 3. The molecule has 0 aromatic rings. The number of urea groups is 1. The third-order valence-corrected chi connectivity index (χ3v) is 3.92. The lowest BCUT2D eigenvalue weighted by atomic mass is 9.97. The third kappa shape index (κ3) is 3.11. The Bertz CT molecular complexity index is 450. The zero-order chi connectivity index (χ0) is 15.7. The van der Waals surface area contributed by atoms with E-state index in [9.17, 15) is 14.4 Å². The number of nitrogens with one attached hydrogen (secondary N) is 3. The predicted octanol–water partition coefficient (Wildman–Crippen LogP) is -0.182. The molecule has 7 nitrogen and oxygen atoms in total. The Morgan fingerprint density at radius 2 is 1.95 bits per heavy atom. The van der Waals surface area contributed by atoms with Crippen LogP contribution < -0.4 is 16.0 Å². The maximum absolute atomic E-state index is 12.4. The number of hydrogen-bond donors (Lipinski definition) is 3. The number of carbonyl (C=O) groups excluding carboxylic acids is 3. The smallest absolute Gasteiger partial charge is 0.315 e. The quantitative estimate of drug-likeness (QED) is 0.674. The highest BCUT2D eigenvalue weighted by molar-refractivity contribution is 5.98. The molecule has 4 amide bonds. The molecule has 2 saturated heterocycles. The molecule has 0 aromatic carbocycles. The number of hydrogen-bond acceptors (Lipinski definition) is 3. The first-order valence-electron chi connectivity index (χ1n) is 7.49. The van der Waals surface area contributed by atoms with E-state index in [0.717, 1.165) is 0 Å². The van der Waals surface area contributed by atoms with Crippen molar-refractivity contribution in [3.8, 4) is 0 Å². The summed E-state index contributed by atoms with van der Waals surface area (Å²) < 4.78 is 0. The standard InChI is InChI=1S/C14H24N4O3/c1-7(2)10-13(20)18-6-5-9(11(18)12(19)17-10)16-14(21)15-8(3)4/h7-11H,5-6H2,1-4H3,(H,17,19)(H2,15,16,21). The van der Waals surface area contributed by atoms with Crippen LogP contribution in [0, 0.1) is 5.92 Å². The first kappa shape index (κ1) is 15.6. The molecule has 7 heteroatoms. The van der Waals surface area contributed by atoms with Gasteiger partial charge in [0.1, 0.15) is 12.1 Å². The summed E-state index contributed by atoms with van der Waals surface area (Å²) in [5, 5.41) is 8.31. The second-order valence-corrected chi connectivity index (χ2v) is 6.37. The Morgan fingerprint density at radius 1 is 1.29 bits per heavy atom. The van der Waals surface area contributed by atoms with Gasteiger partial charge in [0.15, 0.2) is 0 Å². The maximum Gasteiger partial charge on any atom is 0.315 e. The van der Waals surface area contributed by atoms with Crippen LogP contribution in [-0.2, 0) is 9.59 Å². The number of fused-ring (bicyclic) bond motifs is 1. The van der Waals surface area contributed by atoms with Gasteiger partial charge in [-0.1, -0.05) is 13.8 Å². The highest BCUT2D eigenvalue weighted by Gasteiger charge is 2.49. The van der Waals surface area contributed by atoms with Gasteiger partial charge in [-0.3, -0.25) is 9.59 Å².